The van der Waals surface area contributed by atoms with Crippen molar-refractivity contribution in [3.8, 4) is 0 Å². The number of hydrogen-bond donors (Lipinski definition) is 2. The van der Waals surface area contributed by atoms with E-state index < -0.39 is 0 Å². The highest BCUT2D eigenvalue weighted by Gasteiger charge is 2.50. The molecule has 0 spiro atoms. The Hall–Kier alpha value is -0.860. The van der Waals surface area contributed by atoms with Crippen LogP contribution >= 0.6 is 0 Å². The fraction of sp³-hybridized carbons (Fsp3) is 0.684. The van der Waals surface area contributed by atoms with Crippen LogP contribution in [0.1, 0.15) is 56.2 Å². The normalized spacial score (nSPS) is 38.7. The Morgan fingerprint density at radius 1 is 1.10 bits per heavy atom. The number of hydrazine groups is 1. The minimum Gasteiger partial charge on any atom is -0.271 e. The molecule has 0 amide bonds. The van der Waals surface area contributed by atoms with E-state index in [1.807, 2.05) is 0 Å². The Kier molecular flexibility index (Phi) is 3.55. The van der Waals surface area contributed by atoms with Crippen molar-refractivity contribution in [2.24, 2.45) is 35.4 Å². The van der Waals surface area contributed by atoms with E-state index in [1.54, 1.807) is 0 Å². The summed E-state index contributed by atoms with van der Waals surface area (Å²) in [5, 5.41) is 0. The molecule has 2 heteroatoms. The molecule has 0 aliphatic heterocycles. The van der Waals surface area contributed by atoms with Crippen LogP contribution in [0.15, 0.2) is 24.3 Å². The van der Waals surface area contributed by atoms with Crippen LogP contribution in [-0.2, 0) is 6.42 Å². The molecule has 5 rings (SSSR count). The third kappa shape index (κ3) is 2.33. The number of benzene rings is 1. The predicted molar refractivity (Wildman–Crippen MR) is 86.4 cm³/mol. The summed E-state index contributed by atoms with van der Waals surface area (Å²) in [6.07, 6.45) is 8.47. The second kappa shape index (κ2) is 5.40. The first kappa shape index (κ1) is 13.8. The smallest absolute Gasteiger partial charge is 0.0493 e. The van der Waals surface area contributed by atoms with Gasteiger partial charge in [-0.1, -0.05) is 31.2 Å². The summed E-state index contributed by atoms with van der Waals surface area (Å²) in [5.74, 6) is 10.7. The minimum atomic E-state index is 0.353. The van der Waals surface area contributed by atoms with Gasteiger partial charge in [0, 0.05) is 6.04 Å². The zero-order valence-corrected chi connectivity index (χ0v) is 13.1. The van der Waals surface area contributed by atoms with Crippen molar-refractivity contribution >= 4 is 0 Å². The van der Waals surface area contributed by atoms with Crippen molar-refractivity contribution in [1.82, 2.24) is 5.43 Å². The molecule has 4 aliphatic rings. The van der Waals surface area contributed by atoms with Crippen molar-refractivity contribution < 1.29 is 0 Å². The predicted octanol–water partition coefficient (Wildman–Crippen LogP) is 3.83. The SMILES string of the molecule is CCc1cccc(C(NN)C2C3CC4CC(C3)CC2C4)c1. The summed E-state index contributed by atoms with van der Waals surface area (Å²) in [7, 11) is 0. The molecule has 0 heterocycles. The molecule has 2 nitrogen and oxygen atoms in total. The topological polar surface area (TPSA) is 38.0 Å². The first-order valence-corrected chi connectivity index (χ1v) is 8.83. The summed E-state index contributed by atoms with van der Waals surface area (Å²) < 4.78 is 0. The van der Waals surface area contributed by atoms with Crippen LogP contribution in [0, 0.1) is 29.6 Å². The van der Waals surface area contributed by atoms with Crippen LogP contribution in [0.25, 0.3) is 0 Å². The number of nitrogens with one attached hydrogen (secondary N) is 1. The number of aryl methyl sites for hydroxylation is 1. The molecule has 4 saturated carbocycles. The van der Waals surface area contributed by atoms with Gasteiger partial charge < -0.3 is 0 Å². The molecule has 0 saturated heterocycles. The Balaban J connectivity index is 1.63. The summed E-state index contributed by atoms with van der Waals surface area (Å²) in [4.78, 5) is 0. The van der Waals surface area contributed by atoms with Crippen molar-refractivity contribution in [2.75, 3.05) is 0 Å². The highest BCUT2D eigenvalue weighted by Crippen LogP contribution is 2.59. The average Bonchev–Trinajstić information content (AvgIpc) is 2.50. The zero-order valence-electron chi connectivity index (χ0n) is 13.1. The fourth-order valence-corrected chi connectivity index (χ4v) is 5.95. The lowest BCUT2D eigenvalue weighted by atomic mass is 9.50. The molecule has 1 aromatic rings. The first-order valence-electron chi connectivity index (χ1n) is 8.83. The highest BCUT2D eigenvalue weighted by molar-refractivity contribution is 5.27. The molecular formula is C19H28N2. The quantitative estimate of drug-likeness (QED) is 0.651. The maximum absolute atomic E-state index is 6.03. The van der Waals surface area contributed by atoms with Crippen LogP contribution in [-0.4, -0.2) is 0 Å². The third-order valence-electron chi connectivity index (χ3n) is 6.58. The molecule has 1 aromatic carbocycles. The van der Waals surface area contributed by atoms with Gasteiger partial charge in [-0.2, -0.15) is 0 Å². The third-order valence-corrected chi connectivity index (χ3v) is 6.58. The Morgan fingerprint density at radius 2 is 1.76 bits per heavy atom. The van der Waals surface area contributed by atoms with Crippen LogP contribution < -0.4 is 11.3 Å². The number of rotatable bonds is 4. The van der Waals surface area contributed by atoms with Crippen LogP contribution in [0.4, 0.5) is 0 Å². The standard InChI is InChI=1S/C19H28N2/c1-2-12-4-3-5-15(7-12)19(21-20)18-16-8-13-6-14(10-16)11-17(18)9-13/h3-5,7,13-14,16-19,21H,2,6,8-11,20H2,1H3. The van der Waals surface area contributed by atoms with Gasteiger partial charge in [0.2, 0.25) is 0 Å². The van der Waals surface area contributed by atoms with Gasteiger partial charge in [-0.25, -0.2) is 0 Å². The van der Waals surface area contributed by atoms with E-state index in [2.05, 4.69) is 36.6 Å². The molecule has 4 fully saturated rings. The highest BCUT2D eigenvalue weighted by atomic mass is 15.2. The summed E-state index contributed by atoms with van der Waals surface area (Å²) in [5.41, 5.74) is 6.04. The Morgan fingerprint density at radius 3 is 2.33 bits per heavy atom. The molecule has 4 bridgehead atoms. The second-order valence-corrected chi connectivity index (χ2v) is 7.75. The first-order chi connectivity index (χ1) is 10.3. The fourth-order valence-electron chi connectivity index (χ4n) is 5.95. The number of nitrogens with two attached hydrogens (primary N) is 1. The van der Waals surface area contributed by atoms with Gasteiger partial charge in [-0.3, -0.25) is 11.3 Å². The molecule has 0 aromatic heterocycles. The van der Waals surface area contributed by atoms with Crippen LogP contribution in [0.5, 0.6) is 0 Å². The second-order valence-electron chi connectivity index (χ2n) is 7.75. The van der Waals surface area contributed by atoms with E-state index in [0.29, 0.717) is 6.04 Å². The lowest BCUT2D eigenvalue weighted by Crippen LogP contribution is -2.50. The van der Waals surface area contributed by atoms with E-state index in [1.165, 1.54) is 43.2 Å². The number of hydrogen-bond acceptors (Lipinski definition) is 2. The van der Waals surface area contributed by atoms with Crippen molar-refractivity contribution in [1.29, 1.82) is 0 Å². The van der Waals surface area contributed by atoms with Gasteiger partial charge >= 0.3 is 0 Å². The zero-order chi connectivity index (χ0) is 14.4. The monoisotopic (exact) mass is 284 g/mol. The molecule has 3 N–H and O–H groups in total. The van der Waals surface area contributed by atoms with E-state index in [9.17, 15) is 0 Å². The molecular weight excluding hydrogens is 256 g/mol. The van der Waals surface area contributed by atoms with Gasteiger partial charge in [0.05, 0.1) is 0 Å². The van der Waals surface area contributed by atoms with Crippen LogP contribution in [0.2, 0.25) is 0 Å². The van der Waals surface area contributed by atoms with E-state index in [4.69, 9.17) is 5.84 Å². The average molecular weight is 284 g/mol. The van der Waals surface area contributed by atoms with Gasteiger partial charge in [0.25, 0.3) is 0 Å². The largest absolute Gasteiger partial charge is 0.271 e. The molecule has 21 heavy (non-hydrogen) atoms. The summed E-state index contributed by atoms with van der Waals surface area (Å²) >= 11 is 0. The minimum absolute atomic E-state index is 0.353. The Labute approximate surface area is 128 Å². The molecule has 4 aliphatic carbocycles. The molecule has 0 radical (unpaired) electrons. The summed E-state index contributed by atoms with van der Waals surface area (Å²) in [6.45, 7) is 2.23. The van der Waals surface area contributed by atoms with Crippen molar-refractivity contribution in [3.05, 3.63) is 35.4 Å². The molecule has 1 unspecified atom stereocenters. The summed E-state index contributed by atoms with van der Waals surface area (Å²) in [6, 6.07) is 9.43. The van der Waals surface area contributed by atoms with Crippen molar-refractivity contribution in [3.63, 3.8) is 0 Å². The van der Waals surface area contributed by atoms with E-state index >= 15 is 0 Å². The molecule has 1 atom stereocenters. The maximum Gasteiger partial charge on any atom is 0.0493 e. The van der Waals surface area contributed by atoms with Gasteiger partial charge in [-0.15, -0.1) is 0 Å². The van der Waals surface area contributed by atoms with Crippen molar-refractivity contribution in [2.45, 2.75) is 51.5 Å². The molecule has 114 valence electrons. The maximum atomic E-state index is 6.03. The van der Waals surface area contributed by atoms with Crippen LogP contribution in [0.3, 0.4) is 0 Å². The lowest BCUT2D eigenvalue weighted by molar-refractivity contribution is -0.0525. The Bertz CT molecular complexity index is 482. The lowest BCUT2D eigenvalue weighted by Gasteiger charge is -2.56. The van der Waals surface area contributed by atoms with Gasteiger partial charge in [-0.05, 0) is 79.2 Å². The van der Waals surface area contributed by atoms with E-state index in [-0.39, 0.29) is 0 Å². The van der Waals surface area contributed by atoms with Gasteiger partial charge in [0.1, 0.15) is 0 Å². The van der Waals surface area contributed by atoms with Gasteiger partial charge in [0.15, 0.2) is 0 Å². The van der Waals surface area contributed by atoms with E-state index in [0.717, 1.165) is 36.0 Å².